The highest BCUT2D eigenvalue weighted by atomic mass is 32.2. The van der Waals surface area contributed by atoms with Gasteiger partial charge in [0, 0.05) is 0 Å². The first-order valence-electron chi connectivity index (χ1n) is 5.85. The molecule has 0 fully saturated rings. The van der Waals surface area contributed by atoms with E-state index < -0.39 is 5.25 Å². The van der Waals surface area contributed by atoms with E-state index in [-0.39, 0.29) is 5.97 Å². The van der Waals surface area contributed by atoms with Crippen molar-refractivity contribution in [2.75, 3.05) is 7.11 Å². The Morgan fingerprint density at radius 3 is 2.53 bits per heavy atom. The summed E-state index contributed by atoms with van der Waals surface area (Å²) < 4.78 is 10.4. The van der Waals surface area contributed by atoms with Gasteiger partial charge in [-0.25, -0.2) is 4.98 Å². The highest BCUT2D eigenvalue weighted by Gasteiger charge is 2.25. The van der Waals surface area contributed by atoms with Crippen LogP contribution < -0.4 is 0 Å². The molecule has 0 aliphatic heterocycles. The van der Waals surface area contributed by atoms with Crippen LogP contribution in [0.1, 0.15) is 22.3 Å². The van der Waals surface area contributed by atoms with E-state index >= 15 is 0 Å². The fraction of sp³-hybridized carbons (Fsp3) is 0.286. The molecule has 0 N–H and O–H groups in total. The molecule has 100 valence electrons. The molecule has 0 aliphatic carbocycles. The minimum Gasteiger partial charge on any atom is -0.468 e. The van der Waals surface area contributed by atoms with Gasteiger partial charge in [-0.2, -0.15) is 0 Å². The predicted octanol–water partition coefficient (Wildman–Crippen LogP) is 3.30. The summed E-state index contributed by atoms with van der Waals surface area (Å²) in [6, 6.07) is 9.45. The van der Waals surface area contributed by atoms with E-state index in [2.05, 4.69) is 4.98 Å². The fourth-order valence-electron chi connectivity index (χ4n) is 1.58. The van der Waals surface area contributed by atoms with Crippen molar-refractivity contribution < 1.29 is 13.9 Å². The molecule has 0 saturated carbocycles. The highest BCUT2D eigenvalue weighted by Crippen LogP contribution is 2.36. The van der Waals surface area contributed by atoms with Crippen molar-refractivity contribution in [3.63, 3.8) is 0 Å². The van der Waals surface area contributed by atoms with Crippen molar-refractivity contribution in [2.45, 2.75) is 24.3 Å². The molecule has 2 aromatic rings. The predicted molar refractivity (Wildman–Crippen MR) is 73.0 cm³/mol. The first-order valence-corrected chi connectivity index (χ1v) is 6.73. The van der Waals surface area contributed by atoms with Crippen LogP contribution in [0, 0.1) is 13.8 Å². The van der Waals surface area contributed by atoms with Gasteiger partial charge in [-0.1, -0.05) is 30.3 Å². The normalized spacial score (nSPS) is 12.2. The number of carbonyl (C=O) groups is 1. The number of aryl methyl sites for hydroxylation is 2. The number of benzene rings is 1. The molecule has 1 aromatic carbocycles. The fourth-order valence-corrected chi connectivity index (χ4v) is 2.63. The second kappa shape index (κ2) is 5.93. The molecule has 0 saturated heterocycles. The summed E-state index contributed by atoms with van der Waals surface area (Å²) in [6.07, 6.45) is 0. The van der Waals surface area contributed by atoms with Gasteiger partial charge in [0.05, 0.1) is 12.8 Å². The van der Waals surface area contributed by atoms with Crippen molar-refractivity contribution in [1.82, 2.24) is 4.98 Å². The number of hydrogen-bond donors (Lipinski definition) is 0. The molecule has 2 rings (SSSR count). The molecule has 0 spiro atoms. The van der Waals surface area contributed by atoms with E-state index in [0.717, 1.165) is 17.0 Å². The van der Waals surface area contributed by atoms with Gasteiger partial charge >= 0.3 is 5.97 Å². The van der Waals surface area contributed by atoms with Gasteiger partial charge in [0.15, 0.2) is 0 Å². The number of oxazole rings is 1. The number of rotatable bonds is 4. The quantitative estimate of drug-likeness (QED) is 0.634. The molecule has 4 nitrogen and oxygen atoms in total. The number of esters is 1. The third kappa shape index (κ3) is 3.17. The zero-order valence-electron chi connectivity index (χ0n) is 11.0. The Morgan fingerprint density at radius 1 is 1.32 bits per heavy atom. The Hall–Kier alpha value is -1.75. The van der Waals surface area contributed by atoms with E-state index in [0.29, 0.717) is 5.22 Å². The van der Waals surface area contributed by atoms with Crippen LogP contribution in [-0.4, -0.2) is 18.1 Å². The van der Waals surface area contributed by atoms with Crippen molar-refractivity contribution >= 4 is 17.7 Å². The van der Waals surface area contributed by atoms with Crippen molar-refractivity contribution in [3.05, 3.63) is 47.3 Å². The minimum atomic E-state index is -0.469. The summed E-state index contributed by atoms with van der Waals surface area (Å²) in [4.78, 5) is 16.2. The lowest BCUT2D eigenvalue weighted by molar-refractivity contribution is -0.140. The second-order valence-corrected chi connectivity index (χ2v) is 5.11. The average Bonchev–Trinajstić information content (AvgIpc) is 2.75. The number of hydrogen-bond acceptors (Lipinski definition) is 5. The Kier molecular flexibility index (Phi) is 4.27. The maximum atomic E-state index is 11.9. The minimum absolute atomic E-state index is 0.315. The lowest BCUT2D eigenvalue weighted by Gasteiger charge is -2.12. The van der Waals surface area contributed by atoms with Crippen LogP contribution in [0.25, 0.3) is 0 Å². The van der Waals surface area contributed by atoms with E-state index in [1.54, 1.807) is 0 Å². The Bertz CT molecular complexity index is 546. The number of thioether (sulfide) groups is 1. The molecule has 5 heteroatoms. The van der Waals surface area contributed by atoms with Gasteiger partial charge in [-0.15, -0.1) is 0 Å². The van der Waals surface area contributed by atoms with Gasteiger partial charge in [-0.3, -0.25) is 4.79 Å². The Morgan fingerprint density at radius 2 is 2.00 bits per heavy atom. The summed E-state index contributed by atoms with van der Waals surface area (Å²) in [5.41, 5.74) is 1.70. The van der Waals surface area contributed by atoms with Crippen LogP contribution in [0.4, 0.5) is 0 Å². The van der Waals surface area contributed by atoms with Crippen LogP contribution in [-0.2, 0) is 9.53 Å². The summed E-state index contributed by atoms with van der Waals surface area (Å²) in [5, 5.41) is 0.0119. The summed E-state index contributed by atoms with van der Waals surface area (Å²) in [6.45, 7) is 3.72. The standard InChI is InChI=1S/C14H15NO3S/c1-9-10(2)18-14(15-9)19-12(13(16)17-3)11-7-5-4-6-8-11/h4-8,12H,1-3H3/t12-/m1/s1. The van der Waals surface area contributed by atoms with Gasteiger partial charge in [0.2, 0.25) is 0 Å². The number of methoxy groups -OCH3 is 1. The lowest BCUT2D eigenvalue weighted by atomic mass is 10.1. The monoisotopic (exact) mass is 277 g/mol. The van der Waals surface area contributed by atoms with E-state index in [1.165, 1.54) is 18.9 Å². The molecule has 1 aromatic heterocycles. The van der Waals surface area contributed by atoms with Crippen LogP contribution in [0.15, 0.2) is 40.0 Å². The topological polar surface area (TPSA) is 52.3 Å². The molecule has 0 aliphatic rings. The maximum Gasteiger partial charge on any atom is 0.323 e. The van der Waals surface area contributed by atoms with Crippen LogP contribution in [0.2, 0.25) is 0 Å². The number of carbonyl (C=O) groups excluding carboxylic acids is 1. The van der Waals surface area contributed by atoms with Gasteiger partial charge in [0.1, 0.15) is 11.0 Å². The van der Waals surface area contributed by atoms with Crippen molar-refractivity contribution in [3.8, 4) is 0 Å². The maximum absolute atomic E-state index is 11.9. The van der Waals surface area contributed by atoms with Crippen molar-refractivity contribution in [1.29, 1.82) is 0 Å². The molecular weight excluding hydrogens is 262 g/mol. The Labute approximate surface area is 116 Å². The highest BCUT2D eigenvalue weighted by molar-refractivity contribution is 8.00. The molecule has 0 amide bonds. The van der Waals surface area contributed by atoms with Gasteiger partial charge in [-0.05, 0) is 31.2 Å². The van der Waals surface area contributed by atoms with Crippen LogP contribution >= 0.6 is 11.8 Å². The first-order chi connectivity index (χ1) is 9.11. The van der Waals surface area contributed by atoms with Gasteiger partial charge < -0.3 is 9.15 Å². The summed E-state index contributed by atoms with van der Waals surface area (Å²) >= 11 is 1.26. The van der Waals surface area contributed by atoms with E-state index in [9.17, 15) is 4.79 Å². The van der Waals surface area contributed by atoms with Crippen molar-refractivity contribution in [2.24, 2.45) is 0 Å². The molecule has 0 unspecified atom stereocenters. The molecule has 19 heavy (non-hydrogen) atoms. The Balaban J connectivity index is 2.26. The zero-order valence-corrected chi connectivity index (χ0v) is 11.9. The number of aromatic nitrogens is 1. The SMILES string of the molecule is COC(=O)[C@H](Sc1nc(C)c(C)o1)c1ccccc1. The van der Waals surface area contributed by atoms with E-state index in [4.69, 9.17) is 9.15 Å². The number of ether oxygens (including phenoxy) is 1. The van der Waals surface area contributed by atoms with E-state index in [1.807, 2.05) is 44.2 Å². The first kappa shape index (κ1) is 13.7. The smallest absolute Gasteiger partial charge is 0.323 e. The third-order valence-corrected chi connectivity index (χ3v) is 3.82. The summed E-state index contributed by atoms with van der Waals surface area (Å²) in [7, 11) is 1.38. The zero-order chi connectivity index (χ0) is 13.8. The second-order valence-electron chi connectivity index (χ2n) is 4.05. The van der Waals surface area contributed by atoms with Crippen LogP contribution in [0.3, 0.4) is 0 Å². The molecule has 0 radical (unpaired) electrons. The van der Waals surface area contributed by atoms with Gasteiger partial charge in [0.25, 0.3) is 5.22 Å². The molecule has 1 heterocycles. The lowest BCUT2D eigenvalue weighted by Crippen LogP contribution is -2.11. The van der Waals surface area contributed by atoms with Crippen LogP contribution in [0.5, 0.6) is 0 Å². The third-order valence-electron chi connectivity index (χ3n) is 2.75. The molecule has 1 atom stereocenters. The molecular formula is C14H15NO3S. The summed E-state index contributed by atoms with van der Waals surface area (Å²) in [5.74, 6) is 0.448. The largest absolute Gasteiger partial charge is 0.468 e. The molecule has 0 bridgehead atoms. The number of nitrogens with zero attached hydrogens (tertiary/aromatic N) is 1. The average molecular weight is 277 g/mol.